The van der Waals surface area contributed by atoms with Crippen molar-refractivity contribution >= 4 is 16.5 Å². The number of hydrogen-bond donors (Lipinski definition) is 1. The number of benzene rings is 2. The van der Waals surface area contributed by atoms with Crippen molar-refractivity contribution in [3.8, 4) is 0 Å². The molecule has 2 aromatic carbocycles. The minimum absolute atomic E-state index is 0.294. The van der Waals surface area contributed by atoms with E-state index in [0.29, 0.717) is 6.42 Å². The quantitative estimate of drug-likeness (QED) is 0.806. The Morgan fingerprint density at radius 1 is 1.20 bits per heavy atom. The van der Waals surface area contributed by atoms with Gasteiger partial charge in [-0.15, -0.1) is 0 Å². The molecule has 0 aromatic heterocycles. The number of nitrogens with one attached hydrogen (secondary N) is 1. The second kappa shape index (κ2) is 4.30. The molecule has 0 amide bonds. The van der Waals surface area contributed by atoms with Crippen molar-refractivity contribution in [3.05, 3.63) is 42.0 Å². The van der Waals surface area contributed by atoms with Gasteiger partial charge in [0.1, 0.15) is 0 Å². The molecular weight excluding hydrogens is 189 g/mol. The van der Waals surface area contributed by atoms with Gasteiger partial charge in [0.15, 0.2) is 0 Å². The van der Waals surface area contributed by atoms with E-state index in [1.165, 1.54) is 5.39 Å². The van der Waals surface area contributed by atoms with Crippen molar-refractivity contribution in [1.29, 1.82) is 0 Å². The summed E-state index contributed by atoms with van der Waals surface area (Å²) in [5, 5.41) is 5.49. The predicted molar refractivity (Wildman–Crippen MR) is 63.2 cm³/mol. The maximum atomic E-state index is 12.2. The van der Waals surface area contributed by atoms with Gasteiger partial charge in [-0.25, -0.2) is 0 Å². The number of anilines is 1. The van der Waals surface area contributed by atoms with Gasteiger partial charge in [-0.3, -0.25) is 4.39 Å². The summed E-state index contributed by atoms with van der Waals surface area (Å²) in [7, 11) is 1.91. The van der Waals surface area contributed by atoms with Crippen molar-refractivity contribution in [2.75, 3.05) is 19.0 Å². The predicted octanol–water partition coefficient (Wildman–Crippen LogP) is 3.39. The van der Waals surface area contributed by atoms with Crippen molar-refractivity contribution < 1.29 is 4.39 Å². The van der Waals surface area contributed by atoms with Crippen LogP contribution in [0.15, 0.2) is 36.4 Å². The second-order valence-corrected chi connectivity index (χ2v) is 3.55. The highest BCUT2D eigenvalue weighted by molar-refractivity contribution is 5.94. The Morgan fingerprint density at radius 3 is 2.80 bits per heavy atom. The van der Waals surface area contributed by atoms with E-state index in [-0.39, 0.29) is 6.67 Å². The third-order valence-electron chi connectivity index (χ3n) is 2.60. The largest absolute Gasteiger partial charge is 0.388 e. The fraction of sp³-hybridized carbons (Fsp3) is 0.231. The number of rotatable bonds is 3. The molecule has 0 saturated carbocycles. The van der Waals surface area contributed by atoms with Gasteiger partial charge >= 0.3 is 0 Å². The summed E-state index contributed by atoms with van der Waals surface area (Å²) in [6.45, 7) is -0.294. The van der Waals surface area contributed by atoms with Crippen molar-refractivity contribution in [1.82, 2.24) is 0 Å². The molecule has 0 aliphatic heterocycles. The maximum absolute atomic E-state index is 12.2. The third-order valence-corrected chi connectivity index (χ3v) is 2.60. The molecule has 2 rings (SSSR count). The van der Waals surface area contributed by atoms with E-state index in [1.807, 2.05) is 31.3 Å². The Balaban J connectivity index is 2.53. The number of halogens is 1. The minimum atomic E-state index is -0.294. The van der Waals surface area contributed by atoms with Crippen LogP contribution < -0.4 is 5.32 Å². The molecule has 0 saturated heterocycles. The lowest BCUT2D eigenvalue weighted by Crippen LogP contribution is -1.91. The fourth-order valence-electron chi connectivity index (χ4n) is 1.82. The van der Waals surface area contributed by atoms with Crippen molar-refractivity contribution in [3.63, 3.8) is 0 Å². The topological polar surface area (TPSA) is 12.0 Å². The van der Waals surface area contributed by atoms with Crippen LogP contribution in [0.25, 0.3) is 10.8 Å². The highest BCUT2D eigenvalue weighted by Crippen LogP contribution is 2.24. The molecule has 0 heterocycles. The second-order valence-electron chi connectivity index (χ2n) is 3.55. The number of fused-ring (bicyclic) bond motifs is 1. The van der Waals surface area contributed by atoms with E-state index in [4.69, 9.17) is 0 Å². The molecular formula is C13H14FN. The number of aryl methyl sites for hydroxylation is 1. The number of hydrogen-bond acceptors (Lipinski definition) is 1. The maximum Gasteiger partial charge on any atom is 0.0934 e. The first-order valence-corrected chi connectivity index (χ1v) is 5.10. The Hall–Kier alpha value is -1.57. The van der Waals surface area contributed by atoms with Crippen LogP contribution in [0, 0.1) is 0 Å². The molecule has 1 N–H and O–H groups in total. The first kappa shape index (κ1) is 9.97. The molecule has 0 unspecified atom stereocenters. The lowest BCUT2D eigenvalue weighted by Gasteiger charge is -2.07. The molecule has 15 heavy (non-hydrogen) atoms. The Kier molecular flexibility index (Phi) is 2.86. The zero-order chi connectivity index (χ0) is 10.7. The van der Waals surface area contributed by atoms with Crippen LogP contribution in [0.4, 0.5) is 10.1 Å². The smallest absolute Gasteiger partial charge is 0.0934 e. The van der Waals surface area contributed by atoms with E-state index in [9.17, 15) is 4.39 Å². The molecule has 0 aliphatic carbocycles. The fourth-order valence-corrected chi connectivity index (χ4v) is 1.82. The highest BCUT2D eigenvalue weighted by atomic mass is 19.1. The molecule has 2 heteroatoms. The molecule has 0 atom stereocenters. The van der Waals surface area contributed by atoms with Gasteiger partial charge < -0.3 is 5.32 Å². The van der Waals surface area contributed by atoms with Gasteiger partial charge in [0.2, 0.25) is 0 Å². The lowest BCUT2D eigenvalue weighted by molar-refractivity contribution is 0.495. The van der Waals surface area contributed by atoms with E-state index in [1.54, 1.807) is 0 Å². The van der Waals surface area contributed by atoms with Crippen LogP contribution in [-0.2, 0) is 6.42 Å². The number of alkyl halides is 1. The standard InChI is InChI=1S/C13H14FN/c1-15-13-4-2-3-11-9-10(7-8-14)5-6-12(11)13/h2-6,9,15H,7-8H2,1H3. The van der Waals surface area contributed by atoms with Gasteiger partial charge in [0, 0.05) is 24.5 Å². The Morgan fingerprint density at radius 2 is 2.07 bits per heavy atom. The van der Waals surface area contributed by atoms with Crippen molar-refractivity contribution in [2.24, 2.45) is 0 Å². The summed E-state index contributed by atoms with van der Waals surface area (Å²) in [6, 6.07) is 12.2. The monoisotopic (exact) mass is 203 g/mol. The Labute approximate surface area is 88.9 Å². The van der Waals surface area contributed by atoms with Crippen LogP contribution in [0.1, 0.15) is 5.56 Å². The summed E-state index contributed by atoms with van der Waals surface area (Å²) in [4.78, 5) is 0. The zero-order valence-electron chi connectivity index (χ0n) is 8.76. The summed E-state index contributed by atoms with van der Waals surface area (Å²) in [6.07, 6.45) is 0.500. The van der Waals surface area contributed by atoms with E-state index in [2.05, 4.69) is 17.4 Å². The third kappa shape index (κ3) is 1.94. The van der Waals surface area contributed by atoms with Crippen LogP contribution in [0.5, 0.6) is 0 Å². The molecule has 0 bridgehead atoms. The average molecular weight is 203 g/mol. The summed E-state index contributed by atoms with van der Waals surface area (Å²) in [5.74, 6) is 0. The van der Waals surface area contributed by atoms with Gasteiger partial charge in [0.05, 0.1) is 6.67 Å². The Bertz CT molecular complexity index is 465. The SMILES string of the molecule is CNc1cccc2cc(CCF)ccc12. The summed E-state index contributed by atoms with van der Waals surface area (Å²) < 4.78 is 12.2. The van der Waals surface area contributed by atoms with Crippen LogP contribution in [0.3, 0.4) is 0 Å². The first-order chi connectivity index (χ1) is 7.35. The van der Waals surface area contributed by atoms with Gasteiger partial charge in [-0.2, -0.15) is 0 Å². The first-order valence-electron chi connectivity index (χ1n) is 5.10. The van der Waals surface area contributed by atoms with Gasteiger partial charge in [0.25, 0.3) is 0 Å². The summed E-state index contributed by atoms with van der Waals surface area (Å²) in [5.41, 5.74) is 2.16. The molecule has 1 nitrogen and oxygen atoms in total. The normalized spacial score (nSPS) is 10.5. The van der Waals surface area contributed by atoms with E-state index < -0.39 is 0 Å². The molecule has 0 aliphatic rings. The van der Waals surface area contributed by atoms with Crippen LogP contribution in [-0.4, -0.2) is 13.7 Å². The highest BCUT2D eigenvalue weighted by Gasteiger charge is 2.00. The molecule has 0 radical (unpaired) electrons. The average Bonchev–Trinajstić information content (AvgIpc) is 2.28. The van der Waals surface area contributed by atoms with Crippen LogP contribution in [0.2, 0.25) is 0 Å². The van der Waals surface area contributed by atoms with Crippen LogP contribution >= 0.6 is 0 Å². The zero-order valence-corrected chi connectivity index (χ0v) is 8.76. The van der Waals surface area contributed by atoms with Gasteiger partial charge in [-0.1, -0.05) is 30.3 Å². The lowest BCUT2D eigenvalue weighted by atomic mass is 10.0. The van der Waals surface area contributed by atoms with Gasteiger partial charge in [-0.05, 0) is 17.0 Å². The van der Waals surface area contributed by atoms with E-state index in [0.717, 1.165) is 16.6 Å². The molecule has 0 spiro atoms. The molecule has 0 fully saturated rings. The van der Waals surface area contributed by atoms with Crippen molar-refractivity contribution in [2.45, 2.75) is 6.42 Å². The molecule has 2 aromatic rings. The van der Waals surface area contributed by atoms with E-state index >= 15 is 0 Å². The summed E-state index contributed by atoms with van der Waals surface area (Å²) >= 11 is 0. The molecule has 78 valence electrons. The minimum Gasteiger partial charge on any atom is -0.388 e.